The normalized spacial score (nSPS) is 16.8. The van der Waals surface area contributed by atoms with Gasteiger partial charge in [-0.3, -0.25) is 0 Å². The van der Waals surface area contributed by atoms with Crippen molar-refractivity contribution in [3.8, 4) is 0 Å². The second-order valence-electron chi connectivity index (χ2n) is 4.32. The Balaban J connectivity index is 1.98. The number of anilines is 1. The van der Waals surface area contributed by atoms with Crippen molar-refractivity contribution in [2.24, 2.45) is 5.92 Å². The summed E-state index contributed by atoms with van der Waals surface area (Å²) in [7, 11) is 0. The zero-order valence-corrected chi connectivity index (χ0v) is 9.17. The third kappa shape index (κ3) is 1.36. The molecule has 1 aliphatic rings. The Morgan fingerprint density at radius 1 is 1.50 bits per heavy atom. The first-order valence-corrected chi connectivity index (χ1v) is 5.44. The van der Waals surface area contributed by atoms with E-state index in [1.807, 2.05) is 23.7 Å². The number of fused-ring (bicyclic) bond motifs is 1. The number of aliphatic hydroxyl groups is 1. The smallest absolute Gasteiger partial charge is 0.154 e. The highest BCUT2D eigenvalue weighted by Crippen LogP contribution is 2.26. The molecule has 1 N–H and O–H groups in total. The van der Waals surface area contributed by atoms with Gasteiger partial charge < -0.3 is 10.0 Å². The van der Waals surface area contributed by atoms with Gasteiger partial charge in [-0.15, -0.1) is 0 Å². The predicted molar refractivity (Wildman–Crippen MR) is 60.5 cm³/mol. The number of hydrogen-bond acceptors (Lipinski definition) is 4. The van der Waals surface area contributed by atoms with E-state index in [0.29, 0.717) is 5.92 Å². The lowest BCUT2D eigenvalue weighted by molar-refractivity contribution is 0.200. The molecule has 5 nitrogen and oxygen atoms in total. The Morgan fingerprint density at radius 3 is 3.06 bits per heavy atom. The van der Waals surface area contributed by atoms with Crippen LogP contribution in [0.25, 0.3) is 5.52 Å². The third-order valence-corrected chi connectivity index (χ3v) is 3.01. The number of rotatable bonds is 2. The first-order chi connectivity index (χ1) is 7.78. The first-order valence-electron chi connectivity index (χ1n) is 5.44. The molecule has 0 aromatic carbocycles. The second kappa shape index (κ2) is 3.45. The van der Waals surface area contributed by atoms with E-state index in [2.05, 4.69) is 15.0 Å². The van der Waals surface area contributed by atoms with Crippen molar-refractivity contribution in [2.45, 2.75) is 6.92 Å². The molecule has 1 saturated heterocycles. The van der Waals surface area contributed by atoms with Crippen LogP contribution in [0.2, 0.25) is 0 Å². The summed E-state index contributed by atoms with van der Waals surface area (Å²) in [5, 5.41) is 13.4. The molecule has 1 fully saturated rings. The van der Waals surface area contributed by atoms with Crippen molar-refractivity contribution in [3.05, 3.63) is 24.2 Å². The average Bonchev–Trinajstić information content (AvgIpc) is 2.57. The molecular weight excluding hydrogens is 204 g/mol. The second-order valence-corrected chi connectivity index (χ2v) is 4.32. The van der Waals surface area contributed by atoms with Crippen LogP contribution >= 0.6 is 0 Å². The van der Waals surface area contributed by atoms with Gasteiger partial charge in [0.25, 0.3) is 0 Å². The lowest BCUT2D eigenvalue weighted by Gasteiger charge is -2.39. The summed E-state index contributed by atoms with van der Waals surface area (Å²) in [5.74, 6) is 1.36. The van der Waals surface area contributed by atoms with Gasteiger partial charge in [-0.2, -0.15) is 5.10 Å². The Bertz CT molecular complexity index is 516. The summed E-state index contributed by atoms with van der Waals surface area (Å²) in [6.07, 6.45) is 3.62. The zero-order chi connectivity index (χ0) is 11.1. The maximum atomic E-state index is 9.00. The lowest BCUT2D eigenvalue weighted by Crippen LogP contribution is -2.48. The van der Waals surface area contributed by atoms with E-state index in [0.717, 1.165) is 30.1 Å². The van der Waals surface area contributed by atoms with Crippen LogP contribution in [0.5, 0.6) is 0 Å². The Hall–Kier alpha value is -1.62. The predicted octanol–water partition coefficient (Wildman–Crippen LogP) is 0.466. The zero-order valence-electron chi connectivity index (χ0n) is 9.17. The summed E-state index contributed by atoms with van der Waals surface area (Å²) in [6.45, 7) is 4.00. The van der Waals surface area contributed by atoms with Crippen LogP contribution in [0.4, 0.5) is 5.82 Å². The van der Waals surface area contributed by atoms with Gasteiger partial charge in [0.1, 0.15) is 5.52 Å². The standard InChI is InChI=1S/C11H14N4O/c1-8-4-10-11(12-2-3-15(10)13-8)14-5-9(6-14)7-16/h2-4,9,16H,5-7H2,1H3. The fourth-order valence-electron chi connectivity index (χ4n) is 2.13. The molecule has 0 unspecified atom stereocenters. The molecule has 16 heavy (non-hydrogen) atoms. The summed E-state index contributed by atoms with van der Waals surface area (Å²) < 4.78 is 1.85. The van der Waals surface area contributed by atoms with Crippen LogP contribution in [-0.2, 0) is 0 Å². The van der Waals surface area contributed by atoms with E-state index in [1.54, 1.807) is 6.20 Å². The number of aromatic nitrogens is 3. The van der Waals surface area contributed by atoms with E-state index in [1.165, 1.54) is 0 Å². The van der Waals surface area contributed by atoms with Gasteiger partial charge in [-0.1, -0.05) is 0 Å². The topological polar surface area (TPSA) is 53.7 Å². The van der Waals surface area contributed by atoms with Crippen molar-refractivity contribution >= 4 is 11.3 Å². The minimum absolute atomic E-state index is 0.262. The van der Waals surface area contributed by atoms with Crippen molar-refractivity contribution < 1.29 is 5.11 Å². The monoisotopic (exact) mass is 218 g/mol. The van der Waals surface area contributed by atoms with Gasteiger partial charge in [0, 0.05) is 38.0 Å². The molecule has 0 bridgehead atoms. The molecular formula is C11H14N4O. The quantitative estimate of drug-likeness (QED) is 0.796. The molecule has 0 saturated carbocycles. The minimum Gasteiger partial charge on any atom is -0.396 e. The molecule has 2 aromatic rings. The van der Waals surface area contributed by atoms with E-state index in [9.17, 15) is 0 Å². The average molecular weight is 218 g/mol. The molecule has 0 aliphatic carbocycles. The van der Waals surface area contributed by atoms with E-state index in [-0.39, 0.29) is 6.61 Å². The first kappa shape index (κ1) is 9.59. The Labute approximate surface area is 93.3 Å². The Morgan fingerprint density at radius 2 is 2.31 bits per heavy atom. The highest BCUT2D eigenvalue weighted by Gasteiger charge is 2.28. The fraction of sp³-hybridized carbons (Fsp3) is 0.455. The molecule has 0 amide bonds. The Kier molecular flexibility index (Phi) is 2.07. The van der Waals surface area contributed by atoms with Gasteiger partial charge >= 0.3 is 0 Å². The molecule has 0 atom stereocenters. The highest BCUT2D eigenvalue weighted by atomic mass is 16.3. The van der Waals surface area contributed by atoms with Gasteiger partial charge in [0.2, 0.25) is 0 Å². The maximum absolute atomic E-state index is 9.00. The molecule has 3 heterocycles. The third-order valence-electron chi connectivity index (χ3n) is 3.01. The largest absolute Gasteiger partial charge is 0.396 e. The van der Waals surface area contributed by atoms with Crippen molar-refractivity contribution in [1.29, 1.82) is 0 Å². The van der Waals surface area contributed by atoms with Gasteiger partial charge in [-0.25, -0.2) is 9.50 Å². The number of aryl methyl sites for hydroxylation is 1. The summed E-state index contributed by atoms with van der Waals surface area (Å²) in [5.41, 5.74) is 2.03. The molecule has 5 heteroatoms. The van der Waals surface area contributed by atoms with Crippen LogP contribution in [0.15, 0.2) is 18.5 Å². The summed E-state index contributed by atoms with van der Waals surface area (Å²) in [6, 6.07) is 2.04. The number of nitrogens with zero attached hydrogens (tertiary/aromatic N) is 4. The van der Waals surface area contributed by atoms with Crippen molar-refractivity contribution in [3.63, 3.8) is 0 Å². The molecule has 2 aromatic heterocycles. The van der Waals surface area contributed by atoms with E-state index >= 15 is 0 Å². The lowest BCUT2D eigenvalue weighted by atomic mass is 10.0. The van der Waals surface area contributed by atoms with Gasteiger partial charge in [0.05, 0.1) is 5.69 Å². The fourth-order valence-corrected chi connectivity index (χ4v) is 2.13. The van der Waals surface area contributed by atoms with Crippen molar-refractivity contribution in [2.75, 3.05) is 24.6 Å². The van der Waals surface area contributed by atoms with Crippen LogP contribution in [-0.4, -0.2) is 39.4 Å². The van der Waals surface area contributed by atoms with Crippen LogP contribution in [0.1, 0.15) is 5.69 Å². The van der Waals surface area contributed by atoms with Crippen LogP contribution < -0.4 is 4.90 Å². The molecule has 0 radical (unpaired) electrons. The van der Waals surface area contributed by atoms with E-state index < -0.39 is 0 Å². The highest BCUT2D eigenvalue weighted by molar-refractivity contribution is 5.69. The number of hydrogen-bond donors (Lipinski definition) is 1. The number of aliphatic hydroxyl groups excluding tert-OH is 1. The molecule has 0 spiro atoms. The summed E-state index contributed by atoms with van der Waals surface area (Å²) in [4.78, 5) is 6.57. The molecule has 3 rings (SSSR count). The SMILES string of the molecule is Cc1cc2c(N3CC(CO)C3)nccn2n1. The van der Waals surface area contributed by atoms with Gasteiger partial charge in [-0.05, 0) is 13.0 Å². The minimum atomic E-state index is 0.262. The van der Waals surface area contributed by atoms with Crippen molar-refractivity contribution in [1.82, 2.24) is 14.6 Å². The van der Waals surface area contributed by atoms with E-state index in [4.69, 9.17) is 5.11 Å². The van der Waals surface area contributed by atoms with Crippen LogP contribution in [0.3, 0.4) is 0 Å². The maximum Gasteiger partial charge on any atom is 0.154 e. The molecule has 84 valence electrons. The molecule has 1 aliphatic heterocycles. The van der Waals surface area contributed by atoms with Crippen LogP contribution in [0, 0.1) is 12.8 Å². The summed E-state index contributed by atoms with van der Waals surface area (Å²) >= 11 is 0. The van der Waals surface area contributed by atoms with Gasteiger partial charge in [0.15, 0.2) is 5.82 Å².